The van der Waals surface area contributed by atoms with Crippen LogP contribution >= 0.6 is 0 Å². The molecule has 116 valence electrons. The molecule has 0 aliphatic rings. The lowest BCUT2D eigenvalue weighted by molar-refractivity contribution is -0.130. The fourth-order valence-corrected chi connectivity index (χ4v) is 2.20. The first-order valence-corrected chi connectivity index (χ1v) is 7.39. The molecule has 2 aromatic carbocycles. The molecule has 0 aromatic heterocycles. The fourth-order valence-electron chi connectivity index (χ4n) is 2.20. The number of hydrogen-bond acceptors (Lipinski definition) is 2. The summed E-state index contributed by atoms with van der Waals surface area (Å²) in [4.78, 5) is 13.7. The van der Waals surface area contributed by atoms with Gasteiger partial charge in [0.05, 0.1) is 0 Å². The van der Waals surface area contributed by atoms with E-state index in [0.29, 0.717) is 31.6 Å². The van der Waals surface area contributed by atoms with Crippen molar-refractivity contribution in [3.8, 4) is 0 Å². The molecule has 1 amide bonds. The molecule has 0 unspecified atom stereocenters. The monoisotopic (exact) mass is 300 g/mol. The summed E-state index contributed by atoms with van der Waals surface area (Å²) < 4.78 is 13.4. The molecule has 0 radical (unpaired) electrons. The van der Waals surface area contributed by atoms with Gasteiger partial charge in [-0.1, -0.05) is 48.5 Å². The number of carbonyl (C=O) groups is 1. The zero-order valence-electron chi connectivity index (χ0n) is 12.8. The molecule has 0 aliphatic heterocycles. The molecular weight excluding hydrogens is 279 g/mol. The molecule has 22 heavy (non-hydrogen) atoms. The van der Waals surface area contributed by atoms with Crippen LogP contribution in [0.1, 0.15) is 17.5 Å². The van der Waals surface area contributed by atoms with E-state index < -0.39 is 0 Å². The van der Waals surface area contributed by atoms with Gasteiger partial charge in [-0.05, 0) is 11.6 Å². The van der Waals surface area contributed by atoms with Gasteiger partial charge in [0.25, 0.3) is 0 Å². The van der Waals surface area contributed by atoms with Crippen molar-refractivity contribution in [1.29, 1.82) is 0 Å². The first-order valence-electron chi connectivity index (χ1n) is 7.39. The molecule has 2 rings (SSSR count). The Labute approximate surface area is 130 Å². The molecule has 0 aliphatic carbocycles. The number of hydrogen-bond donors (Lipinski definition) is 1. The lowest BCUT2D eigenvalue weighted by Crippen LogP contribution is -2.29. The first-order chi connectivity index (χ1) is 10.7. The van der Waals surface area contributed by atoms with Gasteiger partial charge in [-0.3, -0.25) is 4.79 Å². The van der Waals surface area contributed by atoms with Crippen LogP contribution in [0.5, 0.6) is 0 Å². The van der Waals surface area contributed by atoms with Crippen LogP contribution in [0, 0.1) is 5.82 Å². The zero-order chi connectivity index (χ0) is 15.8. The van der Waals surface area contributed by atoms with E-state index in [-0.39, 0.29) is 11.7 Å². The van der Waals surface area contributed by atoms with Crippen molar-refractivity contribution >= 4 is 5.91 Å². The summed E-state index contributed by atoms with van der Waals surface area (Å²) in [7, 11) is 1.80. The summed E-state index contributed by atoms with van der Waals surface area (Å²) in [6.07, 6.45) is 0.401. The van der Waals surface area contributed by atoms with Gasteiger partial charge in [-0.2, -0.15) is 0 Å². The van der Waals surface area contributed by atoms with Crippen molar-refractivity contribution < 1.29 is 9.18 Å². The standard InChI is InChI=1S/C18H21FN2O/c1-21(14-15-7-3-2-4-8-15)18(22)11-12-20-13-16-9-5-6-10-17(16)19/h2-10,20H,11-14H2,1H3. The maximum Gasteiger partial charge on any atom is 0.223 e. The molecule has 0 fully saturated rings. The van der Waals surface area contributed by atoms with Gasteiger partial charge in [0, 0.05) is 38.7 Å². The quantitative estimate of drug-likeness (QED) is 0.797. The topological polar surface area (TPSA) is 32.3 Å². The summed E-state index contributed by atoms with van der Waals surface area (Å²) in [6, 6.07) is 16.5. The molecule has 0 heterocycles. The average Bonchev–Trinajstić information content (AvgIpc) is 2.53. The molecule has 2 aromatic rings. The van der Waals surface area contributed by atoms with E-state index in [0.717, 1.165) is 5.56 Å². The van der Waals surface area contributed by atoms with Gasteiger partial charge in [0.2, 0.25) is 5.91 Å². The second-order valence-electron chi connectivity index (χ2n) is 5.25. The van der Waals surface area contributed by atoms with Crippen molar-refractivity contribution in [3.63, 3.8) is 0 Å². The van der Waals surface area contributed by atoms with Crippen LogP contribution < -0.4 is 5.32 Å². The molecule has 1 N–H and O–H groups in total. The van der Waals surface area contributed by atoms with Crippen LogP contribution in [0.4, 0.5) is 4.39 Å². The second kappa shape index (κ2) is 8.29. The van der Waals surface area contributed by atoms with E-state index >= 15 is 0 Å². The Morgan fingerprint density at radius 3 is 2.50 bits per heavy atom. The van der Waals surface area contributed by atoms with Crippen LogP contribution in [0.15, 0.2) is 54.6 Å². The molecule has 0 atom stereocenters. The third kappa shape index (κ3) is 4.97. The van der Waals surface area contributed by atoms with Gasteiger partial charge >= 0.3 is 0 Å². The molecular formula is C18H21FN2O. The Morgan fingerprint density at radius 2 is 1.77 bits per heavy atom. The molecule has 3 nitrogen and oxygen atoms in total. The Balaban J connectivity index is 1.70. The maximum absolute atomic E-state index is 13.4. The molecule has 0 spiro atoms. The number of rotatable bonds is 7. The van der Waals surface area contributed by atoms with Gasteiger partial charge in [0.15, 0.2) is 0 Å². The van der Waals surface area contributed by atoms with Crippen molar-refractivity contribution in [3.05, 3.63) is 71.5 Å². The second-order valence-corrected chi connectivity index (χ2v) is 5.25. The number of nitrogens with one attached hydrogen (secondary N) is 1. The summed E-state index contributed by atoms with van der Waals surface area (Å²) in [6.45, 7) is 1.57. The Kier molecular flexibility index (Phi) is 6.10. The minimum atomic E-state index is -0.220. The van der Waals surface area contributed by atoms with E-state index in [1.165, 1.54) is 6.07 Å². The maximum atomic E-state index is 13.4. The first kappa shape index (κ1) is 16.2. The number of amides is 1. The minimum Gasteiger partial charge on any atom is -0.341 e. The van der Waals surface area contributed by atoms with Crippen LogP contribution in [0.3, 0.4) is 0 Å². The zero-order valence-corrected chi connectivity index (χ0v) is 12.8. The molecule has 0 bridgehead atoms. The highest BCUT2D eigenvalue weighted by atomic mass is 19.1. The van der Waals surface area contributed by atoms with Crippen molar-refractivity contribution in [2.24, 2.45) is 0 Å². The third-order valence-electron chi connectivity index (χ3n) is 3.48. The normalized spacial score (nSPS) is 10.5. The smallest absolute Gasteiger partial charge is 0.223 e. The largest absolute Gasteiger partial charge is 0.341 e. The summed E-state index contributed by atoms with van der Waals surface area (Å²) in [5.74, 6) is -0.146. The molecule has 0 saturated heterocycles. The SMILES string of the molecule is CN(Cc1ccccc1)C(=O)CCNCc1ccccc1F. The Morgan fingerprint density at radius 1 is 1.09 bits per heavy atom. The number of halogens is 1. The third-order valence-corrected chi connectivity index (χ3v) is 3.48. The van der Waals surface area contributed by atoms with Crippen LogP contribution in [-0.2, 0) is 17.9 Å². The highest BCUT2D eigenvalue weighted by Gasteiger charge is 2.08. The highest BCUT2D eigenvalue weighted by molar-refractivity contribution is 5.76. The van der Waals surface area contributed by atoms with Crippen molar-refractivity contribution in [2.75, 3.05) is 13.6 Å². The average molecular weight is 300 g/mol. The predicted octanol–water partition coefficient (Wildman–Crippen LogP) is 2.96. The summed E-state index contributed by atoms with van der Waals surface area (Å²) >= 11 is 0. The van der Waals surface area contributed by atoms with E-state index in [2.05, 4.69) is 5.32 Å². The van der Waals surface area contributed by atoms with Gasteiger partial charge < -0.3 is 10.2 Å². The van der Waals surface area contributed by atoms with Crippen molar-refractivity contribution in [2.45, 2.75) is 19.5 Å². The van der Waals surface area contributed by atoms with E-state index in [1.807, 2.05) is 30.3 Å². The summed E-state index contributed by atoms with van der Waals surface area (Å²) in [5.41, 5.74) is 1.73. The van der Waals surface area contributed by atoms with E-state index in [4.69, 9.17) is 0 Å². The van der Waals surface area contributed by atoms with Gasteiger partial charge in [-0.25, -0.2) is 4.39 Å². The Bertz CT molecular complexity index is 601. The predicted molar refractivity (Wildman–Crippen MR) is 85.6 cm³/mol. The lowest BCUT2D eigenvalue weighted by atomic mass is 10.2. The van der Waals surface area contributed by atoms with Gasteiger partial charge in [0.1, 0.15) is 5.82 Å². The fraction of sp³-hybridized carbons (Fsp3) is 0.278. The van der Waals surface area contributed by atoms with E-state index in [9.17, 15) is 9.18 Å². The number of nitrogens with zero attached hydrogens (tertiary/aromatic N) is 1. The lowest BCUT2D eigenvalue weighted by Gasteiger charge is -2.17. The summed E-state index contributed by atoms with van der Waals surface area (Å²) in [5, 5.41) is 3.10. The highest BCUT2D eigenvalue weighted by Crippen LogP contribution is 2.06. The van der Waals surface area contributed by atoms with Crippen LogP contribution in [0.25, 0.3) is 0 Å². The minimum absolute atomic E-state index is 0.0740. The van der Waals surface area contributed by atoms with Crippen LogP contribution in [-0.4, -0.2) is 24.4 Å². The van der Waals surface area contributed by atoms with Crippen LogP contribution in [0.2, 0.25) is 0 Å². The molecule has 4 heteroatoms. The number of carbonyl (C=O) groups excluding carboxylic acids is 1. The Hall–Kier alpha value is -2.20. The molecule has 0 saturated carbocycles. The number of benzene rings is 2. The van der Waals surface area contributed by atoms with Crippen molar-refractivity contribution in [1.82, 2.24) is 10.2 Å². The van der Waals surface area contributed by atoms with Gasteiger partial charge in [-0.15, -0.1) is 0 Å². The van der Waals surface area contributed by atoms with E-state index in [1.54, 1.807) is 30.1 Å².